The minimum absolute atomic E-state index is 0.0549. The first-order valence-electron chi connectivity index (χ1n) is 9.82. The Hall–Kier alpha value is -2.46. The first kappa shape index (κ1) is 20.8. The molecule has 0 bridgehead atoms. The lowest BCUT2D eigenvalue weighted by Crippen LogP contribution is -2.28. The quantitative estimate of drug-likeness (QED) is 0.487. The van der Waals surface area contributed by atoms with Gasteiger partial charge in [0.05, 0.1) is 16.2 Å². The van der Waals surface area contributed by atoms with Gasteiger partial charge in [0.2, 0.25) is 5.95 Å². The van der Waals surface area contributed by atoms with E-state index in [1.807, 2.05) is 48.2 Å². The molecule has 0 amide bonds. The molecule has 2 heterocycles. The number of anilines is 2. The molecular weight excluding hydrogens is 405 g/mol. The van der Waals surface area contributed by atoms with Gasteiger partial charge < -0.3 is 16.0 Å². The van der Waals surface area contributed by atoms with Crippen LogP contribution in [0.3, 0.4) is 0 Å². The first-order valence-corrected chi connectivity index (χ1v) is 11.5. The van der Waals surface area contributed by atoms with Gasteiger partial charge in [-0.3, -0.25) is 9.11 Å². The van der Waals surface area contributed by atoms with E-state index in [-0.39, 0.29) is 18.8 Å². The molecule has 1 aromatic heterocycles. The zero-order chi connectivity index (χ0) is 21.3. The Morgan fingerprint density at radius 1 is 1.23 bits per heavy atom. The van der Waals surface area contributed by atoms with Crippen molar-refractivity contribution in [1.29, 1.82) is 0 Å². The van der Waals surface area contributed by atoms with Crippen LogP contribution in [0.5, 0.6) is 0 Å². The minimum Gasteiger partial charge on any atom is -0.366 e. The fourth-order valence-electron chi connectivity index (χ4n) is 3.55. The summed E-state index contributed by atoms with van der Waals surface area (Å²) in [5, 5.41) is 3.88. The van der Waals surface area contributed by atoms with Crippen molar-refractivity contribution in [3.05, 3.63) is 53.6 Å². The SMILES string of the molecule is Cc1ccc2nc(N3CCS(O)(O)c4ccccc4C3)nc(NCC(F)CN)c2c1. The van der Waals surface area contributed by atoms with Crippen LogP contribution in [0, 0.1) is 6.92 Å². The molecule has 2 aromatic carbocycles. The number of benzene rings is 2. The van der Waals surface area contributed by atoms with Gasteiger partial charge in [0.1, 0.15) is 12.0 Å². The molecular formula is C21H26FN5O2S. The van der Waals surface area contributed by atoms with Gasteiger partial charge in [0, 0.05) is 31.6 Å². The Balaban J connectivity index is 1.74. The van der Waals surface area contributed by atoms with Crippen LogP contribution in [-0.2, 0) is 6.54 Å². The third-order valence-electron chi connectivity index (χ3n) is 5.20. The maximum absolute atomic E-state index is 13.8. The summed E-state index contributed by atoms with van der Waals surface area (Å²) in [7, 11) is -2.88. The van der Waals surface area contributed by atoms with Gasteiger partial charge in [-0.2, -0.15) is 15.6 Å². The third kappa shape index (κ3) is 4.20. The third-order valence-corrected chi connectivity index (χ3v) is 7.06. The van der Waals surface area contributed by atoms with E-state index in [1.165, 1.54) is 0 Å². The molecule has 3 aromatic rings. The summed E-state index contributed by atoms with van der Waals surface area (Å²) >= 11 is 0. The van der Waals surface area contributed by atoms with Crippen molar-refractivity contribution in [1.82, 2.24) is 9.97 Å². The molecule has 30 heavy (non-hydrogen) atoms. The van der Waals surface area contributed by atoms with E-state index in [4.69, 9.17) is 10.7 Å². The van der Waals surface area contributed by atoms with Crippen molar-refractivity contribution < 1.29 is 13.5 Å². The van der Waals surface area contributed by atoms with Gasteiger partial charge in [-0.15, -0.1) is 0 Å². The van der Waals surface area contributed by atoms with Crippen LogP contribution in [0.15, 0.2) is 47.4 Å². The second-order valence-electron chi connectivity index (χ2n) is 7.51. The first-order chi connectivity index (χ1) is 14.4. The van der Waals surface area contributed by atoms with E-state index in [0.717, 1.165) is 22.0 Å². The van der Waals surface area contributed by atoms with E-state index in [0.29, 0.717) is 29.8 Å². The normalized spacial score (nSPS) is 17.8. The molecule has 0 radical (unpaired) electrons. The predicted molar refractivity (Wildman–Crippen MR) is 120 cm³/mol. The van der Waals surface area contributed by atoms with Crippen molar-refractivity contribution in [2.45, 2.75) is 24.5 Å². The fourth-order valence-corrected chi connectivity index (χ4v) is 5.10. The van der Waals surface area contributed by atoms with Gasteiger partial charge in [0.25, 0.3) is 0 Å². The number of nitrogens with zero attached hydrogens (tertiary/aromatic N) is 3. The summed E-state index contributed by atoms with van der Waals surface area (Å²) in [6, 6.07) is 13.2. The molecule has 1 atom stereocenters. The maximum atomic E-state index is 13.8. The summed E-state index contributed by atoms with van der Waals surface area (Å²) in [5.74, 6) is 1.20. The van der Waals surface area contributed by atoms with E-state index in [9.17, 15) is 13.5 Å². The highest BCUT2D eigenvalue weighted by atomic mass is 32.3. The number of hydrogen-bond acceptors (Lipinski definition) is 7. The lowest BCUT2D eigenvalue weighted by atomic mass is 10.1. The summed E-state index contributed by atoms with van der Waals surface area (Å²) in [6.07, 6.45) is -1.18. The highest BCUT2D eigenvalue weighted by Crippen LogP contribution is 2.51. The van der Waals surface area contributed by atoms with Crippen LogP contribution in [-0.4, -0.2) is 50.6 Å². The standard InChI is InChI=1S/C21H26FN5O2S/c1-14-6-7-18-17(10-14)20(24-12-16(22)11-23)26-21(25-18)27-8-9-30(28,29)19-5-3-2-4-15(19)13-27/h2-7,10,16,28-29H,8-9,11-13,23H2,1H3,(H,24,25,26). The van der Waals surface area contributed by atoms with Crippen LogP contribution in [0.4, 0.5) is 16.2 Å². The molecule has 5 N–H and O–H groups in total. The van der Waals surface area contributed by atoms with E-state index < -0.39 is 16.8 Å². The molecule has 0 saturated carbocycles. The lowest BCUT2D eigenvalue weighted by Gasteiger charge is -2.32. The van der Waals surface area contributed by atoms with Crippen LogP contribution in [0.1, 0.15) is 11.1 Å². The average Bonchev–Trinajstić information content (AvgIpc) is 2.88. The summed E-state index contributed by atoms with van der Waals surface area (Å²) in [5.41, 5.74) is 8.03. The van der Waals surface area contributed by atoms with Crippen molar-refractivity contribution in [2.75, 3.05) is 35.6 Å². The van der Waals surface area contributed by atoms with Crippen LogP contribution >= 0.6 is 10.6 Å². The Morgan fingerprint density at radius 2 is 2.03 bits per heavy atom. The topological polar surface area (TPSA) is 108 Å². The molecule has 0 aliphatic carbocycles. The molecule has 1 aliphatic heterocycles. The average molecular weight is 432 g/mol. The van der Waals surface area contributed by atoms with Gasteiger partial charge in [-0.05, 0) is 30.7 Å². The van der Waals surface area contributed by atoms with Crippen molar-refractivity contribution in [2.24, 2.45) is 5.73 Å². The van der Waals surface area contributed by atoms with Crippen molar-refractivity contribution in [3.8, 4) is 0 Å². The van der Waals surface area contributed by atoms with Crippen LogP contribution in [0.25, 0.3) is 10.9 Å². The Morgan fingerprint density at radius 3 is 2.83 bits per heavy atom. The van der Waals surface area contributed by atoms with Gasteiger partial charge in [-0.1, -0.05) is 29.8 Å². The molecule has 0 spiro atoms. The highest BCUT2D eigenvalue weighted by Gasteiger charge is 2.27. The number of alkyl halides is 1. The molecule has 1 aliphatic rings. The molecule has 160 valence electrons. The number of aryl methyl sites for hydroxylation is 1. The lowest BCUT2D eigenvalue weighted by molar-refractivity contribution is 0.358. The Labute approximate surface area is 176 Å². The second-order valence-corrected chi connectivity index (χ2v) is 9.69. The fraction of sp³-hybridized carbons (Fsp3) is 0.333. The number of aromatic nitrogens is 2. The summed E-state index contributed by atoms with van der Waals surface area (Å²) in [4.78, 5) is 11.9. The maximum Gasteiger partial charge on any atom is 0.228 e. The highest BCUT2D eigenvalue weighted by molar-refractivity contribution is 8.24. The number of nitrogens with two attached hydrogens (primary N) is 1. The number of fused-ring (bicyclic) bond motifs is 2. The molecule has 0 saturated heterocycles. The van der Waals surface area contributed by atoms with Gasteiger partial charge >= 0.3 is 0 Å². The molecule has 7 nitrogen and oxygen atoms in total. The number of hydrogen-bond donors (Lipinski definition) is 4. The second kappa shape index (κ2) is 8.35. The monoisotopic (exact) mass is 431 g/mol. The minimum atomic E-state index is -2.88. The number of rotatable bonds is 5. The van der Waals surface area contributed by atoms with Crippen molar-refractivity contribution >= 4 is 33.3 Å². The smallest absolute Gasteiger partial charge is 0.228 e. The van der Waals surface area contributed by atoms with E-state index in [2.05, 4.69) is 10.3 Å². The predicted octanol–water partition coefficient (Wildman–Crippen LogP) is 3.78. The zero-order valence-electron chi connectivity index (χ0n) is 16.8. The molecule has 0 fully saturated rings. The molecule has 4 rings (SSSR count). The Kier molecular flexibility index (Phi) is 5.79. The summed E-state index contributed by atoms with van der Waals surface area (Å²) in [6.45, 7) is 2.81. The number of nitrogens with one attached hydrogen (secondary N) is 1. The van der Waals surface area contributed by atoms with Crippen molar-refractivity contribution in [3.63, 3.8) is 0 Å². The molecule has 1 unspecified atom stereocenters. The largest absolute Gasteiger partial charge is 0.366 e. The summed E-state index contributed by atoms with van der Waals surface area (Å²) < 4.78 is 35.0. The Bertz CT molecular complexity index is 1060. The van der Waals surface area contributed by atoms with Crippen LogP contribution < -0.4 is 16.0 Å². The van der Waals surface area contributed by atoms with Crippen LogP contribution in [0.2, 0.25) is 0 Å². The molecule has 9 heteroatoms. The zero-order valence-corrected chi connectivity index (χ0v) is 17.6. The van der Waals surface area contributed by atoms with Gasteiger partial charge in [0.15, 0.2) is 0 Å². The van der Waals surface area contributed by atoms with E-state index >= 15 is 0 Å². The van der Waals surface area contributed by atoms with E-state index in [1.54, 1.807) is 6.07 Å². The number of halogens is 1. The van der Waals surface area contributed by atoms with Gasteiger partial charge in [-0.25, -0.2) is 9.37 Å².